The Kier molecular flexibility index (Phi) is 1.53. The lowest BCUT2D eigenvalue weighted by atomic mass is 9.88. The van der Waals surface area contributed by atoms with Gasteiger partial charge in [0.25, 0.3) is 11.8 Å². The number of ether oxygens (including phenoxy) is 2. The minimum Gasteiger partial charge on any atom is -0.328 e. The zero-order chi connectivity index (χ0) is 11.7. The summed E-state index contributed by atoms with van der Waals surface area (Å²) in [5, 5.41) is 0. The molecule has 4 aliphatic rings. The third-order valence-corrected chi connectivity index (χ3v) is 3.87. The molecule has 4 heterocycles. The van der Waals surface area contributed by atoms with E-state index < -0.39 is 5.91 Å². The van der Waals surface area contributed by atoms with Crippen molar-refractivity contribution >= 4 is 5.91 Å². The number of hydrogen-bond donors (Lipinski definition) is 0. The van der Waals surface area contributed by atoms with Crippen molar-refractivity contribution in [3.05, 3.63) is 35.4 Å². The highest BCUT2D eigenvalue weighted by Crippen LogP contribution is 2.51. The standard InChI is InChI=1S/C13H13NO3/c1-12-6-14-11(15)9-4-2-3-5-10(9)13(14,16-7-12)17-8-12/h2-5H,6-8H2,1H3. The maximum atomic E-state index is 12.3. The van der Waals surface area contributed by atoms with E-state index in [9.17, 15) is 4.79 Å². The van der Waals surface area contributed by atoms with E-state index in [0.29, 0.717) is 25.3 Å². The van der Waals surface area contributed by atoms with Crippen molar-refractivity contribution < 1.29 is 14.3 Å². The highest BCUT2D eigenvalue weighted by Gasteiger charge is 2.61. The number of fused-ring (bicyclic) bond motifs is 3. The van der Waals surface area contributed by atoms with Gasteiger partial charge in [0.1, 0.15) is 0 Å². The van der Waals surface area contributed by atoms with E-state index in [4.69, 9.17) is 9.47 Å². The number of carbonyl (C=O) groups is 1. The maximum Gasteiger partial charge on any atom is 0.283 e. The van der Waals surface area contributed by atoms with Crippen LogP contribution in [0.4, 0.5) is 0 Å². The lowest BCUT2D eigenvalue weighted by molar-refractivity contribution is -0.399. The Morgan fingerprint density at radius 2 is 1.94 bits per heavy atom. The molecule has 0 radical (unpaired) electrons. The van der Waals surface area contributed by atoms with Gasteiger partial charge in [-0.2, -0.15) is 0 Å². The van der Waals surface area contributed by atoms with Crippen LogP contribution in [0.3, 0.4) is 0 Å². The molecule has 1 spiro atoms. The van der Waals surface area contributed by atoms with E-state index in [2.05, 4.69) is 6.92 Å². The van der Waals surface area contributed by atoms with Gasteiger partial charge in [-0.3, -0.25) is 9.69 Å². The fourth-order valence-electron chi connectivity index (χ4n) is 2.96. The molecule has 0 aromatic heterocycles. The first-order chi connectivity index (χ1) is 8.15. The molecular formula is C13H13NO3. The van der Waals surface area contributed by atoms with Gasteiger partial charge < -0.3 is 9.47 Å². The van der Waals surface area contributed by atoms with Gasteiger partial charge in [-0.15, -0.1) is 0 Å². The number of hydrogen-bond acceptors (Lipinski definition) is 3. The molecule has 17 heavy (non-hydrogen) atoms. The van der Waals surface area contributed by atoms with Crippen molar-refractivity contribution in [2.45, 2.75) is 12.8 Å². The van der Waals surface area contributed by atoms with E-state index in [-0.39, 0.29) is 11.3 Å². The molecule has 3 fully saturated rings. The van der Waals surface area contributed by atoms with E-state index in [0.717, 1.165) is 5.56 Å². The van der Waals surface area contributed by atoms with Crippen LogP contribution < -0.4 is 0 Å². The summed E-state index contributed by atoms with van der Waals surface area (Å²) in [6.07, 6.45) is 0. The van der Waals surface area contributed by atoms with Crippen molar-refractivity contribution in [1.82, 2.24) is 4.90 Å². The molecule has 4 aliphatic heterocycles. The molecule has 0 atom stereocenters. The van der Waals surface area contributed by atoms with Crippen molar-refractivity contribution in [2.75, 3.05) is 19.8 Å². The first-order valence-electron chi connectivity index (χ1n) is 5.84. The summed E-state index contributed by atoms with van der Waals surface area (Å²) in [6, 6.07) is 7.55. The molecular weight excluding hydrogens is 218 g/mol. The molecule has 0 N–H and O–H groups in total. The molecule has 4 heteroatoms. The van der Waals surface area contributed by atoms with Crippen LogP contribution >= 0.6 is 0 Å². The Hall–Kier alpha value is -1.39. The monoisotopic (exact) mass is 231 g/mol. The second-order valence-corrected chi connectivity index (χ2v) is 5.41. The third-order valence-electron chi connectivity index (χ3n) is 3.87. The molecule has 0 saturated carbocycles. The largest absolute Gasteiger partial charge is 0.328 e. The van der Waals surface area contributed by atoms with Gasteiger partial charge in [0.05, 0.1) is 18.8 Å². The van der Waals surface area contributed by atoms with Gasteiger partial charge in [0, 0.05) is 17.5 Å². The molecule has 3 saturated heterocycles. The number of carbonyl (C=O) groups excluding carboxylic acids is 1. The smallest absolute Gasteiger partial charge is 0.283 e. The first-order valence-corrected chi connectivity index (χ1v) is 5.84. The molecule has 88 valence electrons. The van der Waals surface area contributed by atoms with Crippen LogP contribution in [0.15, 0.2) is 24.3 Å². The maximum absolute atomic E-state index is 12.3. The third kappa shape index (κ3) is 0.983. The minimum absolute atomic E-state index is 0.0197. The predicted molar refractivity (Wildman–Crippen MR) is 59.2 cm³/mol. The normalized spacial score (nSPS) is 38.2. The summed E-state index contributed by atoms with van der Waals surface area (Å²) < 4.78 is 11.7. The van der Waals surface area contributed by atoms with E-state index in [1.54, 1.807) is 4.90 Å². The predicted octanol–water partition coefficient (Wildman–Crippen LogP) is 1.32. The van der Waals surface area contributed by atoms with Crippen molar-refractivity contribution in [3.63, 3.8) is 0 Å². The minimum atomic E-state index is -0.939. The number of benzene rings is 1. The second kappa shape index (κ2) is 2.71. The van der Waals surface area contributed by atoms with Crippen molar-refractivity contribution in [3.8, 4) is 0 Å². The fourth-order valence-corrected chi connectivity index (χ4v) is 2.96. The van der Waals surface area contributed by atoms with E-state index in [1.807, 2.05) is 24.3 Å². The van der Waals surface area contributed by atoms with E-state index in [1.165, 1.54) is 0 Å². The Balaban J connectivity index is 1.94. The lowest BCUT2D eigenvalue weighted by Crippen LogP contribution is -2.65. The van der Waals surface area contributed by atoms with Crippen LogP contribution in [0.25, 0.3) is 0 Å². The van der Waals surface area contributed by atoms with Crippen LogP contribution in [0.1, 0.15) is 22.8 Å². The van der Waals surface area contributed by atoms with Crippen molar-refractivity contribution in [2.24, 2.45) is 5.41 Å². The molecule has 1 aromatic rings. The van der Waals surface area contributed by atoms with Crippen molar-refractivity contribution in [1.29, 1.82) is 0 Å². The Morgan fingerprint density at radius 1 is 1.24 bits per heavy atom. The summed E-state index contributed by atoms with van der Waals surface area (Å²) in [5.74, 6) is -0.919. The average molecular weight is 231 g/mol. The van der Waals surface area contributed by atoms with Crippen LogP contribution in [-0.2, 0) is 15.4 Å². The van der Waals surface area contributed by atoms with Crippen LogP contribution in [0.2, 0.25) is 0 Å². The second-order valence-electron chi connectivity index (χ2n) is 5.41. The highest BCUT2D eigenvalue weighted by molar-refractivity contribution is 5.99. The summed E-state index contributed by atoms with van der Waals surface area (Å²) in [4.78, 5) is 14.1. The zero-order valence-electron chi connectivity index (χ0n) is 9.60. The lowest BCUT2D eigenvalue weighted by Gasteiger charge is -2.54. The van der Waals surface area contributed by atoms with Gasteiger partial charge >= 0.3 is 0 Å². The summed E-state index contributed by atoms with van der Waals surface area (Å²) in [7, 11) is 0. The highest BCUT2D eigenvalue weighted by atomic mass is 16.7. The molecule has 1 amide bonds. The SMILES string of the molecule is CC12COC3(OC1)c1ccccc1C(=O)N3C2. The van der Waals surface area contributed by atoms with Crippen LogP contribution in [0.5, 0.6) is 0 Å². The summed E-state index contributed by atoms with van der Waals surface area (Å²) in [5.41, 5.74) is 1.49. The summed E-state index contributed by atoms with van der Waals surface area (Å²) in [6.45, 7) is 4.09. The van der Waals surface area contributed by atoms with E-state index >= 15 is 0 Å². The Labute approximate surface area is 99.1 Å². The van der Waals surface area contributed by atoms with Gasteiger partial charge in [0.15, 0.2) is 0 Å². The molecule has 0 unspecified atom stereocenters. The number of rotatable bonds is 0. The average Bonchev–Trinajstić information content (AvgIpc) is 2.61. The topological polar surface area (TPSA) is 38.8 Å². The molecule has 5 rings (SSSR count). The first kappa shape index (κ1) is 9.62. The number of nitrogens with zero attached hydrogens (tertiary/aromatic N) is 1. The summed E-state index contributed by atoms with van der Waals surface area (Å²) >= 11 is 0. The van der Waals surface area contributed by atoms with Gasteiger partial charge in [-0.25, -0.2) is 0 Å². The van der Waals surface area contributed by atoms with Crippen LogP contribution in [0, 0.1) is 5.41 Å². The Bertz CT molecular complexity index is 517. The van der Waals surface area contributed by atoms with Crippen LogP contribution in [-0.4, -0.2) is 30.6 Å². The van der Waals surface area contributed by atoms with Gasteiger partial charge in [-0.05, 0) is 6.07 Å². The molecule has 1 aromatic carbocycles. The molecule has 0 aliphatic carbocycles. The number of amides is 1. The molecule has 4 nitrogen and oxygen atoms in total. The quantitative estimate of drug-likeness (QED) is 0.676. The Morgan fingerprint density at radius 3 is 2.71 bits per heavy atom. The molecule has 2 bridgehead atoms. The fraction of sp³-hybridized carbons (Fsp3) is 0.462. The van der Waals surface area contributed by atoms with Gasteiger partial charge in [-0.1, -0.05) is 25.1 Å². The zero-order valence-corrected chi connectivity index (χ0v) is 9.60. The van der Waals surface area contributed by atoms with Gasteiger partial charge in [0.2, 0.25) is 0 Å².